The summed E-state index contributed by atoms with van der Waals surface area (Å²) in [6.07, 6.45) is 7.68. The highest BCUT2D eigenvalue weighted by molar-refractivity contribution is 6.03. The number of aryl methyl sites for hydroxylation is 2. The van der Waals surface area contributed by atoms with Crippen molar-refractivity contribution in [1.82, 2.24) is 14.5 Å². The molecule has 0 aromatic carbocycles. The summed E-state index contributed by atoms with van der Waals surface area (Å²) in [6, 6.07) is 3.72. The van der Waals surface area contributed by atoms with Crippen LogP contribution in [0.2, 0.25) is 0 Å². The van der Waals surface area contributed by atoms with Gasteiger partial charge >= 0.3 is 0 Å². The van der Waals surface area contributed by atoms with Gasteiger partial charge in [0.1, 0.15) is 11.4 Å². The summed E-state index contributed by atoms with van der Waals surface area (Å²) in [5, 5.41) is 6.84. The monoisotopic (exact) mass is 296 g/mol. The highest BCUT2D eigenvalue weighted by Crippen LogP contribution is 2.24. The zero-order valence-electron chi connectivity index (χ0n) is 12.3. The number of pyridine rings is 1. The maximum atomic E-state index is 12.4. The van der Waals surface area contributed by atoms with Crippen molar-refractivity contribution >= 4 is 17.2 Å². The highest BCUT2D eigenvalue weighted by Gasteiger charge is 2.24. The van der Waals surface area contributed by atoms with Crippen LogP contribution in [-0.4, -0.2) is 20.4 Å². The zero-order valence-corrected chi connectivity index (χ0v) is 12.3. The van der Waals surface area contributed by atoms with Gasteiger partial charge in [-0.15, -0.1) is 0 Å². The van der Waals surface area contributed by atoms with Crippen LogP contribution in [0.3, 0.4) is 0 Å². The van der Waals surface area contributed by atoms with Gasteiger partial charge in [-0.3, -0.25) is 4.79 Å². The van der Waals surface area contributed by atoms with Crippen molar-refractivity contribution in [2.75, 3.05) is 5.32 Å². The van der Waals surface area contributed by atoms with Gasteiger partial charge < -0.3 is 14.2 Å². The van der Waals surface area contributed by atoms with Gasteiger partial charge in [0.25, 0.3) is 5.91 Å². The van der Waals surface area contributed by atoms with E-state index in [4.69, 9.17) is 4.52 Å². The summed E-state index contributed by atoms with van der Waals surface area (Å²) in [5.74, 6) is 0.639. The third-order valence-corrected chi connectivity index (χ3v) is 3.99. The molecule has 3 heterocycles. The summed E-state index contributed by atoms with van der Waals surface area (Å²) in [4.78, 5) is 16.8. The number of fused-ring (bicyclic) bond motifs is 2. The van der Waals surface area contributed by atoms with Gasteiger partial charge in [0.05, 0.1) is 11.4 Å². The Morgan fingerprint density at radius 1 is 1.27 bits per heavy atom. The fraction of sp³-hybridized carbons (Fsp3) is 0.312. The standard InChI is InChI=1S/C16H16N4O2/c1-10-8-20-9-11(6-7-14(20)17-10)18-16(21)15-12-4-2-3-5-13(12)22-19-15/h6-9H,2-5H2,1H3,(H,18,21). The number of nitrogens with one attached hydrogen (secondary N) is 1. The van der Waals surface area contributed by atoms with Crippen LogP contribution < -0.4 is 5.32 Å². The maximum Gasteiger partial charge on any atom is 0.278 e. The predicted octanol–water partition coefficient (Wildman–Crippen LogP) is 2.76. The number of anilines is 1. The SMILES string of the molecule is Cc1cn2cc(NC(=O)c3noc4c3CCCC4)ccc2n1. The van der Waals surface area contributed by atoms with E-state index in [0.29, 0.717) is 11.4 Å². The van der Waals surface area contributed by atoms with Crippen LogP contribution in [0.4, 0.5) is 5.69 Å². The van der Waals surface area contributed by atoms with Crippen LogP contribution in [0.25, 0.3) is 5.65 Å². The smallest absolute Gasteiger partial charge is 0.278 e. The van der Waals surface area contributed by atoms with Crippen LogP contribution in [0, 0.1) is 6.92 Å². The minimum atomic E-state index is -0.219. The predicted molar refractivity (Wildman–Crippen MR) is 81.0 cm³/mol. The van der Waals surface area contributed by atoms with Crippen molar-refractivity contribution in [3.63, 3.8) is 0 Å². The van der Waals surface area contributed by atoms with Crippen molar-refractivity contribution in [2.24, 2.45) is 0 Å². The third kappa shape index (κ3) is 2.16. The number of nitrogens with zero attached hydrogens (tertiary/aromatic N) is 3. The van der Waals surface area contributed by atoms with Crippen LogP contribution in [0.5, 0.6) is 0 Å². The van der Waals surface area contributed by atoms with Gasteiger partial charge in [0, 0.05) is 24.4 Å². The Kier molecular flexibility index (Phi) is 2.96. The Balaban J connectivity index is 1.61. The fourth-order valence-electron chi connectivity index (χ4n) is 2.95. The summed E-state index contributed by atoms with van der Waals surface area (Å²) in [5.41, 5.74) is 3.88. The van der Waals surface area contributed by atoms with Crippen molar-refractivity contribution in [3.05, 3.63) is 47.2 Å². The molecule has 1 aliphatic rings. The molecule has 3 aromatic heterocycles. The van der Waals surface area contributed by atoms with Gasteiger partial charge in [-0.25, -0.2) is 4.98 Å². The Bertz CT molecular complexity index is 862. The molecular weight excluding hydrogens is 280 g/mol. The first-order valence-electron chi connectivity index (χ1n) is 7.45. The number of carbonyl (C=O) groups is 1. The van der Waals surface area contributed by atoms with E-state index in [-0.39, 0.29) is 5.91 Å². The Labute approximate surface area is 127 Å². The molecule has 4 rings (SSSR count). The van der Waals surface area contributed by atoms with Crippen molar-refractivity contribution in [1.29, 1.82) is 0 Å². The average molecular weight is 296 g/mol. The second-order valence-corrected chi connectivity index (χ2v) is 5.66. The Morgan fingerprint density at radius 2 is 2.14 bits per heavy atom. The lowest BCUT2D eigenvalue weighted by Gasteiger charge is -2.09. The van der Waals surface area contributed by atoms with Gasteiger partial charge in [-0.05, 0) is 38.3 Å². The molecule has 0 spiro atoms. The molecule has 0 fully saturated rings. The molecule has 0 atom stereocenters. The van der Waals surface area contributed by atoms with E-state index in [1.54, 1.807) is 0 Å². The summed E-state index contributed by atoms with van der Waals surface area (Å²) in [6.45, 7) is 1.94. The summed E-state index contributed by atoms with van der Waals surface area (Å²) in [7, 11) is 0. The molecule has 3 aromatic rings. The first kappa shape index (κ1) is 13.1. The number of hydrogen-bond acceptors (Lipinski definition) is 4. The number of hydrogen-bond donors (Lipinski definition) is 1. The topological polar surface area (TPSA) is 72.4 Å². The number of rotatable bonds is 2. The quantitative estimate of drug-likeness (QED) is 0.789. The van der Waals surface area contributed by atoms with Crippen LogP contribution in [0.1, 0.15) is 40.3 Å². The Hall–Kier alpha value is -2.63. The van der Waals surface area contributed by atoms with Crippen LogP contribution >= 0.6 is 0 Å². The molecular formula is C16H16N4O2. The van der Waals surface area contributed by atoms with E-state index in [0.717, 1.165) is 48.3 Å². The van der Waals surface area contributed by atoms with Crippen LogP contribution in [-0.2, 0) is 12.8 Å². The molecule has 0 radical (unpaired) electrons. The third-order valence-electron chi connectivity index (χ3n) is 3.99. The normalized spacial score (nSPS) is 14.0. The lowest BCUT2D eigenvalue weighted by Crippen LogP contribution is -2.15. The van der Waals surface area contributed by atoms with E-state index >= 15 is 0 Å². The lowest BCUT2D eigenvalue weighted by atomic mass is 9.96. The van der Waals surface area contributed by atoms with E-state index in [1.165, 1.54) is 0 Å². The zero-order chi connectivity index (χ0) is 15.1. The minimum absolute atomic E-state index is 0.219. The summed E-state index contributed by atoms with van der Waals surface area (Å²) >= 11 is 0. The van der Waals surface area contributed by atoms with E-state index in [2.05, 4.69) is 15.5 Å². The first-order valence-corrected chi connectivity index (χ1v) is 7.45. The van der Waals surface area contributed by atoms with Crippen molar-refractivity contribution < 1.29 is 9.32 Å². The number of amides is 1. The second-order valence-electron chi connectivity index (χ2n) is 5.66. The van der Waals surface area contributed by atoms with Crippen molar-refractivity contribution in [3.8, 4) is 0 Å². The molecule has 1 amide bonds. The molecule has 0 unspecified atom stereocenters. The number of carbonyl (C=O) groups excluding carboxylic acids is 1. The van der Waals surface area contributed by atoms with Gasteiger partial charge in [-0.1, -0.05) is 5.16 Å². The molecule has 22 heavy (non-hydrogen) atoms. The number of imidazole rings is 1. The van der Waals surface area contributed by atoms with Gasteiger partial charge in [0.2, 0.25) is 0 Å². The summed E-state index contributed by atoms with van der Waals surface area (Å²) < 4.78 is 7.19. The average Bonchev–Trinajstić information content (AvgIpc) is 3.09. The molecule has 6 nitrogen and oxygen atoms in total. The second kappa shape index (κ2) is 4.98. The molecule has 6 heteroatoms. The van der Waals surface area contributed by atoms with Gasteiger partial charge in [-0.2, -0.15) is 0 Å². The van der Waals surface area contributed by atoms with Crippen LogP contribution in [0.15, 0.2) is 29.0 Å². The molecule has 0 bridgehead atoms. The van der Waals surface area contributed by atoms with E-state index in [9.17, 15) is 4.79 Å². The molecule has 112 valence electrons. The largest absolute Gasteiger partial charge is 0.360 e. The van der Waals surface area contributed by atoms with Gasteiger partial charge in [0.15, 0.2) is 5.69 Å². The van der Waals surface area contributed by atoms with E-state index < -0.39 is 0 Å². The molecule has 1 N–H and O–H groups in total. The maximum absolute atomic E-state index is 12.4. The fourth-order valence-corrected chi connectivity index (χ4v) is 2.95. The van der Waals surface area contributed by atoms with E-state index in [1.807, 2.05) is 35.9 Å². The highest BCUT2D eigenvalue weighted by atomic mass is 16.5. The molecule has 0 saturated carbocycles. The van der Waals surface area contributed by atoms with Crippen molar-refractivity contribution in [2.45, 2.75) is 32.6 Å². The first-order chi connectivity index (χ1) is 10.7. The Morgan fingerprint density at radius 3 is 3.05 bits per heavy atom. The molecule has 0 aliphatic heterocycles. The molecule has 0 saturated heterocycles. The molecule has 1 aliphatic carbocycles. The number of aromatic nitrogens is 3. The lowest BCUT2D eigenvalue weighted by molar-refractivity contribution is 0.101. The minimum Gasteiger partial charge on any atom is -0.360 e.